The molecule has 7 heteroatoms. The van der Waals surface area contributed by atoms with E-state index in [1.54, 1.807) is 19.3 Å². The Bertz CT molecular complexity index is 849. The molecule has 0 fully saturated rings. The van der Waals surface area contributed by atoms with Crippen molar-refractivity contribution in [2.24, 2.45) is 0 Å². The quantitative estimate of drug-likeness (QED) is 0.642. The third-order valence-corrected chi connectivity index (χ3v) is 5.04. The van der Waals surface area contributed by atoms with Crippen LogP contribution in [0.5, 0.6) is 11.5 Å². The van der Waals surface area contributed by atoms with Gasteiger partial charge in [-0.05, 0) is 30.3 Å². The molecule has 3 aromatic rings. The molecule has 22 heavy (non-hydrogen) atoms. The fourth-order valence-electron chi connectivity index (χ4n) is 1.92. The molecule has 3 rings (SSSR count). The molecule has 112 valence electrons. The van der Waals surface area contributed by atoms with Crippen molar-refractivity contribution >= 4 is 54.9 Å². The minimum Gasteiger partial charge on any atom is -0.455 e. The number of carbonyl (C=O) groups excluding carboxylic acids is 1. The number of ether oxygens (including phenoxy) is 1. The lowest BCUT2D eigenvalue weighted by atomic mass is 10.2. The minimum atomic E-state index is -0.160. The zero-order valence-electron chi connectivity index (χ0n) is 11.4. The van der Waals surface area contributed by atoms with Gasteiger partial charge in [-0.15, -0.1) is 11.3 Å². The molecule has 0 aliphatic carbocycles. The number of hydrogen-bond acceptors (Lipinski definition) is 4. The van der Waals surface area contributed by atoms with Gasteiger partial charge in [0.2, 0.25) is 0 Å². The Labute approximate surface area is 144 Å². The molecule has 0 saturated carbocycles. The van der Waals surface area contributed by atoms with E-state index in [4.69, 9.17) is 16.3 Å². The van der Waals surface area contributed by atoms with Crippen molar-refractivity contribution in [2.75, 3.05) is 7.05 Å². The van der Waals surface area contributed by atoms with Gasteiger partial charge in [0, 0.05) is 16.9 Å². The smallest absolute Gasteiger partial charge is 0.261 e. The van der Waals surface area contributed by atoms with E-state index in [2.05, 4.69) is 26.2 Å². The number of nitrogens with zero attached hydrogens (tertiary/aromatic N) is 1. The molecule has 0 saturated heterocycles. The predicted molar refractivity (Wildman–Crippen MR) is 92.2 cm³/mol. The van der Waals surface area contributed by atoms with Crippen molar-refractivity contribution in [3.8, 4) is 11.5 Å². The van der Waals surface area contributed by atoms with E-state index >= 15 is 0 Å². The van der Waals surface area contributed by atoms with Crippen LogP contribution in [0.1, 0.15) is 9.67 Å². The molecule has 2 heterocycles. The topological polar surface area (TPSA) is 51.2 Å². The average molecular weight is 398 g/mol. The number of benzene rings is 1. The van der Waals surface area contributed by atoms with E-state index < -0.39 is 0 Å². The first kappa shape index (κ1) is 15.3. The number of halogens is 2. The van der Waals surface area contributed by atoms with Crippen LogP contribution in [0, 0.1) is 0 Å². The van der Waals surface area contributed by atoms with E-state index in [0.717, 1.165) is 14.6 Å². The fraction of sp³-hybridized carbons (Fsp3) is 0.0667. The summed E-state index contributed by atoms with van der Waals surface area (Å²) in [5, 5.41) is 3.73. The number of hydrogen-bond donors (Lipinski definition) is 1. The van der Waals surface area contributed by atoms with Crippen molar-refractivity contribution in [3.63, 3.8) is 0 Å². The third-order valence-electron chi connectivity index (χ3n) is 2.97. The van der Waals surface area contributed by atoms with E-state index in [-0.39, 0.29) is 5.91 Å². The standard InChI is InChI=1S/C15H10BrClN2O2S/c1-18-15(20)12-6-10-11(7-19-14(17)13(10)22-12)21-9-4-2-8(16)3-5-9/h2-7H,1H3,(H,18,20). The molecule has 4 nitrogen and oxygen atoms in total. The zero-order chi connectivity index (χ0) is 15.7. The molecule has 2 aromatic heterocycles. The summed E-state index contributed by atoms with van der Waals surface area (Å²) in [6.07, 6.45) is 1.56. The highest BCUT2D eigenvalue weighted by molar-refractivity contribution is 9.10. The van der Waals surface area contributed by atoms with Crippen LogP contribution >= 0.6 is 38.9 Å². The van der Waals surface area contributed by atoms with Crippen molar-refractivity contribution in [3.05, 3.63) is 51.0 Å². The third kappa shape index (κ3) is 2.95. The molecule has 1 aromatic carbocycles. The van der Waals surface area contributed by atoms with Gasteiger partial charge in [-0.25, -0.2) is 4.98 Å². The van der Waals surface area contributed by atoms with Crippen molar-refractivity contribution in [1.29, 1.82) is 0 Å². The maximum Gasteiger partial charge on any atom is 0.261 e. The highest BCUT2D eigenvalue weighted by atomic mass is 79.9. The molecule has 1 amide bonds. The number of pyridine rings is 1. The second-order valence-corrected chi connectivity index (χ2v) is 6.73. The lowest BCUT2D eigenvalue weighted by Crippen LogP contribution is -2.15. The normalized spacial score (nSPS) is 10.7. The maximum atomic E-state index is 11.8. The first-order valence-corrected chi connectivity index (χ1v) is 8.31. The van der Waals surface area contributed by atoms with Gasteiger partial charge in [-0.1, -0.05) is 27.5 Å². The summed E-state index contributed by atoms with van der Waals surface area (Å²) in [7, 11) is 1.59. The summed E-state index contributed by atoms with van der Waals surface area (Å²) in [5.74, 6) is 1.08. The first-order valence-electron chi connectivity index (χ1n) is 6.32. The number of nitrogens with one attached hydrogen (secondary N) is 1. The molecule has 0 atom stereocenters. The Balaban J connectivity index is 2.05. The van der Waals surface area contributed by atoms with E-state index in [1.807, 2.05) is 24.3 Å². The Morgan fingerprint density at radius 3 is 2.77 bits per heavy atom. The largest absolute Gasteiger partial charge is 0.455 e. The second-order valence-electron chi connectivity index (χ2n) is 4.40. The molecule has 0 radical (unpaired) electrons. The van der Waals surface area contributed by atoms with Gasteiger partial charge in [0.1, 0.15) is 10.9 Å². The Kier molecular flexibility index (Phi) is 4.33. The van der Waals surface area contributed by atoms with Gasteiger partial charge in [0.25, 0.3) is 5.91 Å². The SMILES string of the molecule is CNC(=O)c1cc2c(Oc3ccc(Br)cc3)cnc(Cl)c2s1. The molecular formula is C15H10BrClN2O2S. The molecular weight excluding hydrogens is 388 g/mol. The summed E-state index contributed by atoms with van der Waals surface area (Å²) in [6, 6.07) is 9.23. The van der Waals surface area contributed by atoms with Gasteiger partial charge in [-0.2, -0.15) is 0 Å². The highest BCUT2D eigenvalue weighted by Gasteiger charge is 2.15. The second kappa shape index (κ2) is 6.24. The van der Waals surface area contributed by atoms with Gasteiger partial charge >= 0.3 is 0 Å². The van der Waals surface area contributed by atoms with Crippen LogP contribution in [0.4, 0.5) is 0 Å². The van der Waals surface area contributed by atoms with E-state index in [1.165, 1.54) is 11.3 Å². The lowest BCUT2D eigenvalue weighted by molar-refractivity contribution is 0.0967. The Morgan fingerprint density at radius 2 is 2.09 bits per heavy atom. The van der Waals surface area contributed by atoms with Crippen LogP contribution < -0.4 is 10.1 Å². The summed E-state index contributed by atoms with van der Waals surface area (Å²) < 4.78 is 7.56. The van der Waals surface area contributed by atoms with Crippen molar-refractivity contribution in [1.82, 2.24) is 10.3 Å². The average Bonchev–Trinajstić information content (AvgIpc) is 2.98. The number of fused-ring (bicyclic) bond motifs is 1. The molecule has 0 bridgehead atoms. The summed E-state index contributed by atoms with van der Waals surface area (Å²) in [5.41, 5.74) is 0. The van der Waals surface area contributed by atoms with Gasteiger partial charge < -0.3 is 10.1 Å². The van der Waals surface area contributed by atoms with Gasteiger partial charge in [0.15, 0.2) is 5.75 Å². The Morgan fingerprint density at radius 1 is 1.36 bits per heavy atom. The number of rotatable bonds is 3. The number of aromatic nitrogens is 1. The van der Waals surface area contributed by atoms with Crippen LogP contribution in [0.2, 0.25) is 5.15 Å². The Hall–Kier alpha value is -1.63. The van der Waals surface area contributed by atoms with Crippen LogP contribution in [-0.4, -0.2) is 17.9 Å². The molecule has 0 spiro atoms. The number of amides is 1. The monoisotopic (exact) mass is 396 g/mol. The van der Waals surface area contributed by atoms with E-state index in [9.17, 15) is 4.79 Å². The van der Waals surface area contributed by atoms with Crippen molar-refractivity contribution in [2.45, 2.75) is 0 Å². The molecule has 0 aliphatic heterocycles. The van der Waals surface area contributed by atoms with E-state index in [0.29, 0.717) is 21.5 Å². The van der Waals surface area contributed by atoms with Crippen LogP contribution in [0.25, 0.3) is 10.1 Å². The molecule has 0 aliphatic rings. The summed E-state index contributed by atoms with van der Waals surface area (Å²) >= 11 is 10.8. The van der Waals surface area contributed by atoms with Gasteiger partial charge in [0.05, 0.1) is 15.8 Å². The summed E-state index contributed by atoms with van der Waals surface area (Å²) in [6.45, 7) is 0. The van der Waals surface area contributed by atoms with Crippen molar-refractivity contribution < 1.29 is 9.53 Å². The van der Waals surface area contributed by atoms with Crippen LogP contribution in [0.15, 0.2) is 41.0 Å². The van der Waals surface area contributed by atoms with Gasteiger partial charge in [-0.3, -0.25) is 4.79 Å². The highest BCUT2D eigenvalue weighted by Crippen LogP contribution is 2.38. The molecule has 1 N–H and O–H groups in total. The minimum absolute atomic E-state index is 0.160. The predicted octanol–water partition coefficient (Wildman–Crippen LogP) is 4.86. The maximum absolute atomic E-state index is 11.8. The zero-order valence-corrected chi connectivity index (χ0v) is 14.6. The number of thiophene rings is 1. The summed E-state index contributed by atoms with van der Waals surface area (Å²) in [4.78, 5) is 16.5. The lowest BCUT2D eigenvalue weighted by Gasteiger charge is -2.07. The first-order chi connectivity index (χ1) is 10.6. The molecule has 0 unspecified atom stereocenters. The van der Waals surface area contributed by atoms with Crippen LogP contribution in [-0.2, 0) is 0 Å². The fourth-order valence-corrected chi connectivity index (χ4v) is 3.45. The number of carbonyl (C=O) groups is 1. The van der Waals surface area contributed by atoms with Crippen LogP contribution in [0.3, 0.4) is 0 Å².